The van der Waals surface area contributed by atoms with Crippen LogP contribution in [0, 0.1) is 5.92 Å². The van der Waals surface area contributed by atoms with Crippen molar-refractivity contribution in [1.29, 1.82) is 0 Å². The van der Waals surface area contributed by atoms with Crippen LogP contribution < -0.4 is 15.5 Å². The van der Waals surface area contributed by atoms with E-state index in [2.05, 4.69) is 25.5 Å². The van der Waals surface area contributed by atoms with Gasteiger partial charge in [-0.15, -0.1) is 0 Å². The summed E-state index contributed by atoms with van der Waals surface area (Å²) >= 11 is 0. The van der Waals surface area contributed by atoms with Crippen LogP contribution in [0.3, 0.4) is 0 Å². The van der Waals surface area contributed by atoms with E-state index in [0.29, 0.717) is 37.6 Å². The van der Waals surface area contributed by atoms with Crippen LogP contribution in [0.2, 0.25) is 0 Å². The second-order valence-corrected chi connectivity index (χ2v) is 6.22. The largest absolute Gasteiger partial charge is 0.481 e. The monoisotopic (exact) mass is 355 g/mol. The molecular formula is C18H21N5O3. The molecule has 1 aliphatic heterocycles. The van der Waals surface area contributed by atoms with E-state index in [1.165, 1.54) is 6.92 Å². The van der Waals surface area contributed by atoms with Gasteiger partial charge in [0.15, 0.2) is 0 Å². The Morgan fingerprint density at radius 1 is 1.19 bits per heavy atom. The highest BCUT2D eigenvalue weighted by atomic mass is 16.4. The van der Waals surface area contributed by atoms with E-state index in [-0.39, 0.29) is 11.8 Å². The summed E-state index contributed by atoms with van der Waals surface area (Å²) in [6, 6.07) is 9.11. The third-order valence-electron chi connectivity index (χ3n) is 4.25. The number of amides is 1. The van der Waals surface area contributed by atoms with Crippen molar-refractivity contribution in [1.82, 2.24) is 9.97 Å². The fraction of sp³-hybridized carbons (Fsp3) is 0.333. The number of nitrogens with zero attached hydrogens (tertiary/aromatic N) is 3. The molecule has 1 aromatic heterocycles. The topological polar surface area (TPSA) is 107 Å². The zero-order chi connectivity index (χ0) is 18.5. The number of benzene rings is 1. The molecule has 1 amide bonds. The minimum atomic E-state index is -0.728. The van der Waals surface area contributed by atoms with Gasteiger partial charge in [0.25, 0.3) is 0 Å². The number of aliphatic carboxylic acids is 1. The lowest BCUT2D eigenvalue weighted by Crippen LogP contribution is -2.36. The minimum absolute atomic E-state index is 0.134. The van der Waals surface area contributed by atoms with Crippen LogP contribution in [-0.4, -0.2) is 40.0 Å². The molecule has 2 heterocycles. The normalized spacial score (nSPS) is 14.7. The molecule has 1 saturated heterocycles. The maximum atomic E-state index is 11.2. The Morgan fingerprint density at radius 3 is 2.62 bits per heavy atom. The van der Waals surface area contributed by atoms with Gasteiger partial charge in [0.1, 0.15) is 5.82 Å². The Labute approximate surface area is 151 Å². The van der Waals surface area contributed by atoms with Gasteiger partial charge >= 0.3 is 5.97 Å². The zero-order valence-corrected chi connectivity index (χ0v) is 14.5. The predicted molar refractivity (Wildman–Crippen MR) is 98.6 cm³/mol. The molecule has 8 nitrogen and oxygen atoms in total. The number of rotatable bonds is 5. The van der Waals surface area contributed by atoms with Gasteiger partial charge in [-0.25, -0.2) is 4.98 Å². The highest BCUT2D eigenvalue weighted by Crippen LogP contribution is 2.24. The number of anilines is 4. The van der Waals surface area contributed by atoms with Crippen molar-refractivity contribution in [2.75, 3.05) is 28.6 Å². The Kier molecular flexibility index (Phi) is 5.31. The van der Waals surface area contributed by atoms with Crippen molar-refractivity contribution in [3.8, 4) is 0 Å². The summed E-state index contributed by atoms with van der Waals surface area (Å²) in [4.78, 5) is 33.1. The molecule has 136 valence electrons. The highest BCUT2D eigenvalue weighted by molar-refractivity contribution is 5.89. The number of carboxylic acids is 1. The number of carbonyl (C=O) groups excluding carboxylic acids is 1. The molecule has 2 aromatic rings. The van der Waals surface area contributed by atoms with Gasteiger partial charge in [0.2, 0.25) is 11.9 Å². The van der Waals surface area contributed by atoms with Gasteiger partial charge in [-0.2, -0.15) is 4.98 Å². The smallest absolute Gasteiger partial charge is 0.306 e. The lowest BCUT2D eigenvalue weighted by Gasteiger charge is -2.31. The number of hydrogen-bond donors (Lipinski definition) is 3. The Bertz CT molecular complexity index is 803. The molecule has 3 N–H and O–H groups in total. The molecule has 8 heteroatoms. The highest BCUT2D eigenvalue weighted by Gasteiger charge is 2.25. The SMILES string of the molecule is CC(=O)Nc1cccc(Nc2nccc(N3CCC(C(=O)O)CC3)n2)c1. The summed E-state index contributed by atoms with van der Waals surface area (Å²) in [5, 5.41) is 15.0. The molecule has 1 aliphatic rings. The third kappa shape index (κ3) is 4.47. The molecule has 1 fully saturated rings. The molecular weight excluding hydrogens is 334 g/mol. The van der Waals surface area contributed by atoms with Gasteiger partial charge in [0.05, 0.1) is 5.92 Å². The van der Waals surface area contributed by atoms with E-state index in [1.54, 1.807) is 18.3 Å². The molecule has 0 unspecified atom stereocenters. The van der Waals surface area contributed by atoms with Crippen molar-refractivity contribution in [3.63, 3.8) is 0 Å². The van der Waals surface area contributed by atoms with Gasteiger partial charge < -0.3 is 20.6 Å². The van der Waals surface area contributed by atoms with Crippen LogP contribution in [0.15, 0.2) is 36.5 Å². The molecule has 0 spiro atoms. The second kappa shape index (κ2) is 7.81. The van der Waals surface area contributed by atoms with Crippen LogP contribution in [0.1, 0.15) is 19.8 Å². The second-order valence-electron chi connectivity index (χ2n) is 6.22. The summed E-state index contributed by atoms with van der Waals surface area (Å²) in [6.45, 7) is 2.77. The first-order valence-corrected chi connectivity index (χ1v) is 8.47. The summed E-state index contributed by atoms with van der Waals surface area (Å²) in [6.07, 6.45) is 2.90. The standard InChI is InChI=1S/C18H21N5O3/c1-12(24)20-14-3-2-4-15(11-14)21-18-19-8-5-16(22-18)23-9-6-13(7-10-23)17(25)26/h2-5,8,11,13H,6-7,9-10H2,1H3,(H,20,24)(H,25,26)(H,19,21,22). The molecule has 0 bridgehead atoms. The number of carbonyl (C=O) groups is 2. The third-order valence-corrected chi connectivity index (χ3v) is 4.25. The molecule has 1 aromatic carbocycles. The lowest BCUT2D eigenvalue weighted by atomic mass is 9.97. The number of nitrogens with one attached hydrogen (secondary N) is 2. The van der Waals surface area contributed by atoms with E-state index in [0.717, 1.165) is 11.5 Å². The van der Waals surface area contributed by atoms with Crippen molar-refractivity contribution in [2.45, 2.75) is 19.8 Å². The van der Waals surface area contributed by atoms with Crippen molar-refractivity contribution >= 4 is 35.0 Å². The number of piperidine rings is 1. The van der Waals surface area contributed by atoms with E-state index in [1.807, 2.05) is 18.2 Å². The Hall–Kier alpha value is -3.16. The first kappa shape index (κ1) is 17.7. The number of carboxylic acid groups (broad SMARTS) is 1. The van der Waals surface area contributed by atoms with Gasteiger partial charge in [-0.3, -0.25) is 9.59 Å². The summed E-state index contributed by atoms with van der Waals surface area (Å²) in [7, 11) is 0. The first-order chi connectivity index (χ1) is 12.5. The summed E-state index contributed by atoms with van der Waals surface area (Å²) in [5.41, 5.74) is 1.45. The average molecular weight is 355 g/mol. The molecule has 26 heavy (non-hydrogen) atoms. The fourth-order valence-corrected chi connectivity index (χ4v) is 2.95. The van der Waals surface area contributed by atoms with Crippen LogP contribution in [0.4, 0.5) is 23.1 Å². The average Bonchev–Trinajstić information content (AvgIpc) is 2.62. The van der Waals surface area contributed by atoms with E-state index in [4.69, 9.17) is 5.11 Å². The van der Waals surface area contributed by atoms with Crippen molar-refractivity contribution in [3.05, 3.63) is 36.5 Å². The van der Waals surface area contributed by atoms with E-state index < -0.39 is 5.97 Å². The van der Waals surface area contributed by atoms with Crippen molar-refractivity contribution in [2.24, 2.45) is 5.92 Å². The molecule has 0 radical (unpaired) electrons. The molecule has 0 saturated carbocycles. The van der Waals surface area contributed by atoms with Crippen LogP contribution in [-0.2, 0) is 9.59 Å². The number of aromatic nitrogens is 2. The first-order valence-electron chi connectivity index (χ1n) is 8.47. The lowest BCUT2D eigenvalue weighted by molar-refractivity contribution is -0.142. The predicted octanol–water partition coefficient (Wildman–Crippen LogP) is 2.48. The van der Waals surface area contributed by atoms with Crippen LogP contribution in [0.25, 0.3) is 0 Å². The summed E-state index contributed by atoms with van der Waals surface area (Å²) in [5.74, 6) is 0.0771. The maximum absolute atomic E-state index is 11.2. The molecule has 0 atom stereocenters. The van der Waals surface area contributed by atoms with Gasteiger partial charge in [0, 0.05) is 37.6 Å². The van der Waals surface area contributed by atoms with E-state index in [9.17, 15) is 9.59 Å². The number of hydrogen-bond acceptors (Lipinski definition) is 6. The minimum Gasteiger partial charge on any atom is -0.481 e. The molecule has 3 rings (SSSR count). The van der Waals surface area contributed by atoms with Crippen molar-refractivity contribution < 1.29 is 14.7 Å². The zero-order valence-electron chi connectivity index (χ0n) is 14.5. The molecule has 0 aliphatic carbocycles. The van der Waals surface area contributed by atoms with E-state index >= 15 is 0 Å². The quantitative estimate of drug-likeness (QED) is 0.756. The fourth-order valence-electron chi connectivity index (χ4n) is 2.95. The Balaban J connectivity index is 1.68. The van der Waals surface area contributed by atoms with Gasteiger partial charge in [-0.05, 0) is 37.1 Å². The maximum Gasteiger partial charge on any atom is 0.306 e. The summed E-state index contributed by atoms with van der Waals surface area (Å²) < 4.78 is 0. The van der Waals surface area contributed by atoms with Crippen LogP contribution in [0.5, 0.6) is 0 Å². The van der Waals surface area contributed by atoms with Gasteiger partial charge in [-0.1, -0.05) is 6.07 Å². The Morgan fingerprint density at radius 2 is 1.92 bits per heavy atom. The van der Waals surface area contributed by atoms with Crippen LogP contribution >= 0.6 is 0 Å².